The number of anilines is 2. The van der Waals surface area contributed by atoms with Crippen LogP contribution in [0.3, 0.4) is 0 Å². The molecule has 0 aliphatic carbocycles. The lowest BCUT2D eigenvalue weighted by molar-refractivity contribution is -0.118. The first kappa shape index (κ1) is 20.1. The number of benzene rings is 2. The van der Waals surface area contributed by atoms with Crippen LogP contribution in [0.2, 0.25) is 0 Å². The van der Waals surface area contributed by atoms with E-state index in [1.807, 2.05) is 36.7 Å². The Kier molecular flexibility index (Phi) is 5.78. The van der Waals surface area contributed by atoms with Gasteiger partial charge < -0.3 is 19.9 Å². The van der Waals surface area contributed by atoms with Gasteiger partial charge in [-0.25, -0.2) is 4.98 Å². The van der Waals surface area contributed by atoms with Crippen molar-refractivity contribution in [3.63, 3.8) is 0 Å². The predicted molar refractivity (Wildman–Crippen MR) is 116 cm³/mol. The van der Waals surface area contributed by atoms with Gasteiger partial charge in [-0.1, -0.05) is 0 Å². The molecule has 2 N–H and O–H groups in total. The molecule has 1 aromatic heterocycles. The van der Waals surface area contributed by atoms with Crippen molar-refractivity contribution >= 4 is 34.2 Å². The minimum absolute atomic E-state index is 0.0551. The summed E-state index contributed by atoms with van der Waals surface area (Å²) in [5.41, 5.74) is 4.58. The third-order valence-corrected chi connectivity index (χ3v) is 5.22. The molecule has 4 rings (SSSR count). The van der Waals surface area contributed by atoms with E-state index in [2.05, 4.69) is 20.5 Å². The van der Waals surface area contributed by atoms with E-state index in [4.69, 9.17) is 4.74 Å². The first-order valence-electron chi connectivity index (χ1n) is 9.92. The quantitative estimate of drug-likeness (QED) is 0.678. The second kappa shape index (κ2) is 8.64. The number of aromatic nitrogens is 2. The van der Waals surface area contributed by atoms with Gasteiger partial charge in [-0.15, -0.1) is 0 Å². The van der Waals surface area contributed by atoms with Gasteiger partial charge >= 0.3 is 0 Å². The summed E-state index contributed by atoms with van der Waals surface area (Å²) in [4.78, 5) is 31.3. The standard InChI is InChI=1S/C22H25N5O3/c1-15-11-17(4-5-18(15)25-21(28)13-27-7-9-30-10-8-27)24-22(29)16-3-6-20-19(12-16)23-14-26(20)2/h3-6,11-12,14H,7-10,13H2,1-2H3,(H,24,29)(H,25,28). The molecule has 8 heteroatoms. The topological polar surface area (TPSA) is 88.5 Å². The van der Waals surface area contributed by atoms with Gasteiger partial charge in [0.1, 0.15) is 0 Å². The number of carbonyl (C=O) groups is 2. The maximum absolute atomic E-state index is 12.6. The van der Waals surface area contributed by atoms with Crippen LogP contribution in [-0.4, -0.2) is 59.1 Å². The fourth-order valence-corrected chi connectivity index (χ4v) is 3.51. The maximum atomic E-state index is 12.6. The molecule has 0 radical (unpaired) electrons. The summed E-state index contributed by atoms with van der Waals surface area (Å²) >= 11 is 0. The number of aryl methyl sites for hydroxylation is 2. The van der Waals surface area contributed by atoms with Crippen molar-refractivity contribution in [3.8, 4) is 0 Å². The van der Waals surface area contributed by atoms with Gasteiger partial charge in [-0.2, -0.15) is 0 Å². The van der Waals surface area contributed by atoms with Crippen molar-refractivity contribution < 1.29 is 14.3 Å². The molecule has 0 unspecified atom stereocenters. The van der Waals surface area contributed by atoms with Crippen molar-refractivity contribution in [1.29, 1.82) is 0 Å². The molecule has 2 aromatic carbocycles. The van der Waals surface area contributed by atoms with Crippen molar-refractivity contribution in [1.82, 2.24) is 14.5 Å². The molecular weight excluding hydrogens is 382 g/mol. The summed E-state index contributed by atoms with van der Waals surface area (Å²) in [6, 6.07) is 10.9. The summed E-state index contributed by atoms with van der Waals surface area (Å²) in [6.07, 6.45) is 1.72. The zero-order valence-corrected chi connectivity index (χ0v) is 17.1. The SMILES string of the molecule is Cc1cc(NC(=O)c2ccc3c(c2)ncn3C)ccc1NC(=O)CN1CCOCC1. The molecule has 1 aliphatic rings. The highest BCUT2D eigenvalue weighted by Gasteiger charge is 2.15. The van der Waals surface area contributed by atoms with Crippen LogP contribution in [0, 0.1) is 6.92 Å². The number of rotatable bonds is 5. The zero-order chi connectivity index (χ0) is 21.1. The largest absolute Gasteiger partial charge is 0.379 e. The van der Waals surface area contributed by atoms with E-state index < -0.39 is 0 Å². The van der Waals surface area contributed by atoms with Crippen molar-refractivity contribution in [2.24, 2.45) is 7.05 Å². The van der Waals surface area contributed by atoms with E-state index >= 15 is 0 Å². The Labute approximate surface area is 174 Å². The summed E-state index contributed by atoms with van der Waals surface area (Å²) in [7, 11) is 1.92. The lowest BCUT2D eigenvalue weighted by Gasteiger charge is -2.25. The highest BCUT2D eigenvalue weighted by molar-refractivity contribution is 6.06. The Morgan fingerprint density at radius 1 is 1.10 bits per heavy atom. The van der Waals surface area contributed by atoms with Crippen molar-refractivity contribution in [2.45, 2.75) is 6.92 Å². The minimum Gasteiger partial charge on any atom is -0.379 e. The fraction of sp³-hybridized carbons (Fsp3) is 0.318. The lowest BCUT2D eigenvalue weighted by Crippen LogP contribution is -2.41. The minimum atomic E-state index is -0.203. The number of nitrogens with zero attached hydrogens (tertiary/aromatic N) is 3. The number of hydrogen-bond acceptors (Lipinski definition) is 5. The number of fused-ring (bicyclic) bond motifs is 1. The molecule has 156 valence electrons. The molecule has 1 fully saturated rings. The van der Waals surface area contributed by atoms with Crippen LogP contribution in [0.1, 0.15) is 15.9 Å². The number of nitrogens with one attached hydrogen (secondary N) is 2. The molecule has 1 aliphatic heterocycles. The third-order valence-electron chi connectivity index (χ3n) is 5.22. The first-order chi connectivity index (χ1) is 14.5. The van der Waals surface area contributed by atoms with E-state index in [-0.39, 0.29) is 11.8 Å². The first-order valence-corrected chi connectivity index (χ1v) is 9.92. The van der Waals surface area contributed by atoms with Crippen LogP contribution in [0.25, 0.3) is 11.0 Å². The Hall–Kier alpha value is -3.23. The summed E-state index contributed by atoms with van der Waals surface area (Å²) in [6.45, 7) is 5.10. The number of ether oxygens (including phenoxy) is 1. The molecular formula is C22H25N5O3. The van der Waals surface area contributed by atoms with Crippen molar-refractivity contribution in [3.05, 3.63) is 53.9 Å². The second-order valence-electron chi connectivity index (χ2n) is 7.48. The van der Waals surface area contributed by atoms with Gasteiger partial charge in [0.05, 0.1) is 37.1 Å². The average Bonchev–Trinajstić information content (AvgIpc) is 3.11. The van der Waals surface area contributed by atoms with E-state index in [1.54, 1.807) is 24.5 Å². The second-order valence-corrected chi connectivity index (χ2v) is 7.48. The molecule has 0 atom stereocenters. The van der Waals surface area contributed by atoms with Crippen LogP contribution < -0.4 is 10.6 Å². The van der Waals surface area contributed by atoms with Gasteiger partial charge in [0.15, 0.2) is 0 Å². The third kappa shape index (κ3) is 4.50. The molecule has 2 amide bonds. The average molecular weight is 407 g/mol. The molecule has 0 saturated carbocycles. The Balaban J connectivity index is 1.39. The van der Waals surface area contributed by atoms with Crippen LogP contribution in [0.4, 0.5) is 11.4 Å². The van der Waals surface area contributed by atoms with E-state index in [0.29, 0.717) is 31.0 Å². The van der Waals surface area contributed by atoms with Crippen LogP contribution >= 0.6 is 0 Å². The highest BCUT2D eigenvalue weighted by atomic mass is 16.5. The summed E-state index contributed by atoms with van der Waals surface area (Å²) in [5, 5.41) is 5.86. The number of hydrogen-bond donors (Lipinski definition) is 2. The fourth-order valence-electron chi connectivity index (χ4n) is 3.51. The maximum Gasteiger partial charge on any atom is 0.255 e. The monoisotopic (exact) mass is 407 g/mol. The lowest BCUT2D eigenvalue weighted by atomic mass is 10.1. The molecule has 1 saturated heterocycles. The molecule has 0 spiro atoms. The Morgan fingerprint density at radius 2 is 1.90 bits per heavy atom. The van der Waals surface area contributed by atoms with Gasteiger partial charge in [-0.3, -0.25) is 14.5 Å². The Morgan fingerprint density at radius 3 is 2.67 bits per heavy atom. The van der Waals surface area contributed by atoms with Crippen LogP contribution in [0.5, 0.6) is 0 Å². The number of amides is 2. The van der Waals surface area contributed by atoms with Crippen LogP contribution in [-0.2, 0) is 16.6 Å². The smallest absolute Gasteiger partial charge is 0.255 e. The molecule has 2 heterocycles. The molecule has 0 bridgehead atoms. The number of imidazole rings is 1. The van der Waals surface area contributed by atoms with E-state index in [0.717, 1.165) is 35.4 Å². The number of carbonyl (C=O) groups excluding carboxylic acids is 2. The van der Waals surface area contributed by atoms with Crippen molar-refractivity contribution in [2.75, 3.05) is 43.5 Å². The molecule has 30 heavy (non-hydrogen) atoms. The highest BCUT2D eigenvalue weighted by Crippen LogP contribution is 2.21. The van der Waals surface area contributed by atoms with Gasteiger partial charge in [0.2, 0.25) is 5.91 Å². The summed E-state index contributed by atoms with van der Waals surface area (Å²) < 4.78 is 7.21. The normalized spacial score (nSPS) is 14.6. The van der Waals surface area contributed by atoms with Crippen LogP contribution in [0.15, 0.2) is 42.7 Å². The Bertz CT molecular complexity index is 1090. The molecule has 8 nitrogen and oxygen atoms in total. The summed E-state index contributed by atoms with van der Waals surface area (Å²) in [5.74, 6) is -0.258. The zero-order valence-electron chi connectivity index (χ0n) is 17.1. The van der Waals surface area contributed by atoms with Gasteiger partial charge in [0, 0.05) is 37.1 Å². The number of morpholine rings is 1. The van der Waals surface area contributed by atoms with Gasteiger partial charge in [0.25, 0.3) is 5.91 Å². The predicted octanol–water partition coefficient (Wildman–Crippen LogP) is 2.40. The molecule has 3 aromatic rings. The van der Waals surface area contributed by atoms with E-state index in [9.17, 15) is 9.59 Å². The van der Waals surface area contributed by atoms with E-state index in [1.165, 1.54) is 0 Å². The van der Waals surface area contributed by atoms with Gasteiger partial charge in [-0.05, 0) is 48.9 Å².